The number of nitrogens with zero attached hydrogens (tertiary/aromatic N) is 1. The number of hydrogen-bond acceptors (Lipinski definition) is 4. The van der Waals surface area contributed by atoms with Gasteiger partial charge in [0.25, 0.3) is 0 Å². The Morgan fingerprint density at radius 3 is 2.37 bits per heavy atom. The molecule has 100 valence electrons. The van der Waals surface area contributed by atoms with Crippen LogP contribution in [0.3, 0.4) is 0 Å². The average molecular weight is 257 g/mol. The van der Waals surface area contributed by atoms with Crippen LogP contribution in [0, 0.1) is 13.8 Å². The zero-order valence-corrected chi connectivity index (χ0v) is 11.5. The molecule has 2 aromatic rings. The van der Waals surface area contributed by atoms with E-state index in [-0.39, 0.29) is 6.04 Å². The molecule has 4 heteroatoms. The van der Waals surface area contributed by atoms with Crippen LogP contribution in [0.1, 0.15) is 28.6 Å². The second kappa shape index (κ2) is 5.82. The van der Waals surface area contributed by atoms with E-state index >= 15 is 0 Å². The normalized spacial score (nSPS) is 12.2. The number of methoxy groups -OCH3 is 1. The molecular weight excluding hydrogens is 238 g/mol. The van der Waals surface area contributed by atoms with Crippen molar-refractivity contribution in [1.82, 2.24) is 10.4 Å². The Balaban J connectivity index is 2.43. The van der Waals surface area contributed by atoms with Crippen molar-refractivity contribution < 1.29 is 4.74 Å². The quantitative estimate of drug-likeness (QED) is 0.651. The van der Waals surface area contributed by atoms with Crippen LogP contribution in [0.5, 0.6) is 5.75 Å². The van der Waals surface area contributed by atoms with Crippen LogP contribution in [0.25, 0.3) is 0 Å². The van der Waals surface area contributed by atoms with E-state index in [1.807, 2.05) is 50.2 Å². The van der Waals surface area contributed by atoms with Gasteiger partial charge in [-0.2, -0.15) is 0 Å². The van der Waals surface area contributed by atoms with E-state index in [2.05, 4.69) is 10.4 Å². The third-order valence-corrected chi connectivity index (χ3v) is 3.03. The van der Waals surface area contributed by atoms with E-state index in [0.717, 1.165) is 28.3 Å². The number of aromatic nitrogens is 1. The van der Waals surface area contributed by atoms with Crippen LogP contribution in [-0.4, -0.2) is 12.1 Å². The minimum atomic E-state index is -0.0736. The molecule has 0 fully saturated rings. The van der Waals surface area contributed by atoms with Crippen LogP contribution in [-0.2, 0) is 0 Å². The molecule has 0 spiro atoms. The molecule has 1 aromatic heterocycles. The second-order valence-electron chi connectivity index (χ2n) is 4.56. The summed E-state index contributed by atoms with van der Waals surface area (Å²) in [4.78, 5) is 4.39. The highest BCUT2D eigenvalue weighted by Crippen LogP contribution is 2.25. The lowest BCUT2D eigenvalue weighted by atomic mass is 9.98. The van der Waals surface area contributed by atoms with Crippen molar-refractivity contribution in [1.29, 1.82) is 0 Å². The summed E-state index contributed by atoms with van der Waals surface area (Å²) < 4.78 is 5.25. The predicted octanol–water partition coefficient (Wildman–Crippen LogP) is 2.26. The molecule has 0 aliphatic rings. The average Bonchev–Trinajstić information content (AvgIpc) is 2.39. The highest BCUT2D eigenvalue weighted by atomic mass is 16.5. The van der Waals surface area contributed by atoms with Gasteiger partial charge in [0, 0.05) is 11.4 Å². The number of hydrazine groups is 1. The van der Waals surface area contributed by atoms with Gasteiger partial charge in [0.05, 0.1) is 13.2 Å². The van der Waals surface area contributed by atoms with Gasteiger partial charge in [-0.15, -0.1) is 0 Å². The number of benzene rings is 1. The predicted molar refractivity (Wildman–Crippen MR) is 75.9 cm³/mol. The molecule has 0 aliphatic heterocycles. The molecule has 3 N–H and O–H groups in total. The first-order valence-electron chi connectivity index (χ1n) is 6.19. The standard InChI is InChI=1S/C15H19N3O/c1-10-7-13(8-11(2)17-10)15(18-16)12-5-4-6-14(9-12)19-3/h4-9,15,18H,16H2,1-3H3. The Kier molecular flexibility index (Phi) is 4.14. The molecule has 2 rings (SSSR count). The van der Waals surface area contributed by atoms with E-state index in [9.17, 15) is 0 Å². The van der Waals surface area contributed by atoms with Crippen molar-refractivity contribution in [2.24, 2.45) is 5.84 Å². The number of pyridine rings is 1. The van der Waals surface area contributed by atoms with E-state index in [0.29, 0.717) is 0 Å². The first kappa shape index (κ1) is 13.5. The van der Waals surface area contributed by atoms with Crippen LogP contribution in [0.15, 0.2) is 36.4 Å². The lowest BCUT2D eigenvalue weighted by Crippen LogP contribution is -2.29. The van der Waals surface area contributed by atoms with Gasteiger partial charge in [-0.05, 0) is 49.2 Å². The summed E-state index contributed by atoms with van der Waals surface area (Å²) in [6, 6.07) is 11.9. The fraction of sp³-hybridized carbons (Fsp3) is 0.267. The third kappa shape index (κ3) is 3.10. The number of ether oxygens (including phenoxy) is 1. The molecular formula is C15H19N3O. The number of nitrogens with one attached hydrogen (secondary N) is 1. The fourth-order valence-corrected chi connectivity index (χ4v) is 2.24. The molecule has 1 unspecified atom stereocenters. The van der Waals surface area contributed by atoms with Crippen LogP contribution >= 0.6 is 0 Å². The van der Waals surface area contributed by atoms with Crippen molar-refractivity contribution in [3.05, 3.63) is 58.9 Å². The second-order valence-corrected chi connectivity index (χ2v) is 4.56. The Hall–Kier alpha value is -1.91. The minimum Gasteiger partial charge on any atom is -0.497 e. The fourth-order valence-electron chi connectivity index (χ4n) is 2.24. The zero-order valence-electron chi connectivity index (χ0n) is 11.5. The maximum absolute atomic E-state index is 5.72. The number of nitrogens with two attached hydrogens (primary N) is 1. The Morgan fingerprint density at radius 1 is 1.11 bits per heavy atom. The molecule has 1 aromatic carbocycles. The molecule has 0 amide bonds. The van der Waals surface area contributed by atoms with Crippen molar-refractivity contribution in [3.63, 3.8) is 0 Å². The van der Waals surface area contributed by atoms with Crippen molar-refractivity contribution in [2.45, 2.75) is 19.9 Å². The first-order valence-corrected chi connectivity index (χ1v) is 6.19. The zero-order chi connectivity index (χ0) is 13.8. The molecule has 1 atom stereocenters. The van der Waals surface area contributed by atoms with Gasteiger partial charge in [0.15, 0.2) is 0 Å². The summed E-state index contributed by atoms with van der Waals surface area (Å²) in [5.41, 5.74) is 6.99. The number of hydrogen-bond donors (Lipinski definition) is 2. The van der Waals surface area contributed by atoms with Crippen LogP contribution in [0.4, 0.5) is 0 Å². The lowest BCUT2D eigenvalue weighted by molar-refractivity contribution is 0.413. The monoisotopic (exact) mass is 257 g/mol. The topological polar surface area (TPSA) is 60.2 Å². The summed E-state index contributed by atoms with van der Waals surface area (Å²) in [6.07, 6.45) is 0. The molecule has 1 heterocycles. The van der Waals surface area contributed by atoms with Gasteiger partial charge in [-0.25, -0.2) is 5.43 Å². The first-order chi connectivity index (χ1) is 9.13. The van der Waals surface area contributed by atoms with Crippen molar-refractivity contribution >= 4 is 0 Å². The van der Waals surface area contributed by atoms with E-state index in [4.69, 9.17) is 10.6 Å². The van der Waals surface area contributed by atoms with Gasteiger partial charge in [-0.1, -0.05) is 12.1 Å². The summed E-state index contributed by atoms with van der Waals surface area (Å²) in [5, 5.41) is 0. The SMILES string of the molecule is COc1cccc(C(NN)c2cc(C)nc(C)c2)c1. The smallest absolute Gasteiger partial charge is 0.119 e. The highest BCUT2D eigenvalue weighted by Gasteiger charge is 2.14. The molecule has 0 aliphatic carbocycles. The summed E-state index contributed by atoms with van der Waals surface area (Å²) in [6.45, 7) is 3.96. The van der Waals surface area contributed by atoms with Gasteiger partial charge >= 0.3 is 0 Å². The van der Waals surface area contributed by atoms with E-state index in [1.54, 1.807) is 7.11 Å². The molecule has 0 radical (unpaired) electrons. The van der Waals surface area contributed by atoms with Gasteiger partial charge < -0.3 is 4.74 Å². The maximum Gasteiger partial charge on any atom is 0.119 e. The van der Waals surface area contributed by atoms with Gasteiger partial charge in [0.2, 0.25) is 0 Å². The van der Waals surface area contributed by atoms with Crippen molar-refractivity contribution in [2.75, 3.05) is 7.11 Å². The number of aryl methyl sites for hydroxylation is 2. The van der Waals surface area contributed by atoms with Crippen LogP contribution in [0.2, 0.25) is 0 Å². The third-order valence-electron chi connectivity index (χ3n) is 3.03. The molecule has 0 saturated heterocycles. The maximum atomic E-state index is 5.72. The summed E-state index contributed by atoms with van der Waals surface area (Å²) in [5.74, 6) is 6.54. The van der Waals surface area contributed by atoms with E-state index in [1.165, 1.54) is 0 Å². The Bertz CT molecular complexity index is 549. The van der Waals surface area contributed by atoms with Gasteiger partial charge in [0.1, 0.15) is 5.75 Å². The molecule has 0 saturated carbocycles. The van der Waals surface area contributed by atoms with Gasteiger partial charge in [-0.3, -0.25) is 10.8 Å². The van der Waals surface area contributed by atoms with Crippen molar-refractivity contribution in [3.8, 4) is 5.75 Å². The largest absolute Gasteiger partial charge is 0.497 e. The van der Waals surface area contributed by atoms with Crippen LogP contribution < -0.4 is 16.0 Å². The lowest BCUT2D eigenvalue weighted by Gasteiger charge is -2.18. The minimum absolute atomic E-state index is 0.0736. The molecule has 0 bridgehead atoms. The summed E-state index contributed by atoms with van der Waals surface area (Å²) >= 11 is 0. The summed E-state index contributed by atoms with van der Waals surface area (Å²) in [7, 11) is 1.66. The van der Waals surface area contributed by atoms with E-state index < -0.39 is 0 Å². The molecule has 19 heavy (non-hydrogen) atoms. The Morgan fingerprint density at radius 2 is 1.79 bits per heavy atom. The number of rotatable bonds is 4. The Labute approximate surface area is 113 Å². The highest BCUT2D eigenvalue weighted by molar-refractivity contribution is 5.37. The molecule has 4 nitrogen and oxygen atoms in total.